The van der Waals surface area contributed by atoms with Crippen molar-refractivity contribution in [1.29, 1.82) is 0 Å². The van der Waals surface area contributed by atoms with Gasteiger partial charge < -0.3 is 25.3 Å². The molecule has 22 heavy (non-hydrogen) atoms. The molecule has 7 heteroatoms. The van der Waals surface area contributed by atoms with Crippen LogP contribution in [0.5, 0.6) is 0 Å². The van der Waals surface area contributed by atoms with Crippen LogP contribution in [-0.2, 0) is 10.3 Å². The zero-order valence-electron chi connectivity index (χ0n) is 12.2. The Morgan fingerprint density at radius 3 is 2.27 bits per heavy atom. The summed E-state index contributed by atoms with van der Waals surface area (Å²) in [6, 6.07) is 4.81. The summed E-state index contributed by atoms with van der Waals surface area (Å²) in [5, 5.41) is 40.2. The Labute approximate surface area is 126 Å². The Kier molecular flexibility index (Phi) is 3.99. The average Bonchev–Trinajstić information content (AvgIpc) is 2.49. The molecule has 1 atom stereocenters. The van der Waals surface area contributed by atoms with E-state index in [1.165, 1.54) is 26.0 Å². The summed E-state index contributed by atoms with van der Waals surface area (Å²) >= 11 is 0. The number of aliphatic hydroxyl groups is 4. The second-order valence-electron chi connectivity index (χ2n) is 5.40. The minimum atomic E-state index is -2.85. The molecule has 1 unspecified atom stereocenters. The van der Waals surface area contributed by atoms with Gasteiger partial charge in [0.05, 0.1) is 12.2 Å². The summed E-state index contributed by atoms with van der Waals surface area (Å²) in [5.74, 6) is -4.88. The molecule has 1 aromatic carbocycles. The molecule has 1 aliphatic heterocycles. The van der Waals surface area contributed by atoms with E-state index in [9.17, 15) is 29.6 Å². The Balaban J connectivity index is 2.72. The molecule has 1 aliphatic rings. The second-order valence-corrected chi connectivity index (χ2v) is 5.40. The van der Waals surface area contributed by atoms with Gasteiger partial charge in [-0.2, -0.15) is 0 Å². The van der Waals surface area contributed by atoms with Crippen molar-refractivity contribution in [3.63, 3.8) is 0 Å². The topological polar surface area (TPSA) is 101 Å². The molecule has 6 nitrogen and oxygen atoms in total. The van der Waals surface area contributed by atoms with Gasteiger partial charge in [-0.15, -0.1) is 0 Å². The highest BCUT2D eigenvalue weighted by atomic mass is 19.1. The SMILES string of the molecule is CC1=C(O)N(CCO)C(C)(c2ccc(F)cc2)C(O)(O)C1=O. The lowest BCUT2D eigenvalue weighted by Gasteiger charge is -2.51. The highest BCUT2D eigenvalue weighted by molar-refractivity contribution is 6.02. The molecule has 0 saturated carbocycles. The summed E-state index contributed by atoms with van der Waals surface area (Å²) in [7, 11) is 0. The maximum absolute atomic E-state index is 13.1. The molecule has 0 aromatic heterocycles. The summed E-state index contributed by atoms with van der Waals surface area (Å²) in [6.45, 7) is 2.05. The molecular weight excluding hydrogens is 293 g/mol. The van der Waals surface area contributed by atoms with Gasteiger partial charge in [0.25, 0.3) is 5.79 Å². The highest BCUT2D eigenvalue weighted by Gasteiger charge is 2.60. The van der Waals surface area contributed by atoms with Crippen LogP contribution in [0.25, 0.3) is 0 Å². The number of ketones is 1. The van der Waals surface area contributed by atoms with E-state index < -0.39 is 35.4 Å². The number of halogens is 1. The fraction of sp³-hybridized carbons (Fsp3) is 0.400. The van der Waals surface area contributed by atoms with Gasteiger partial charge in [-0.25, -0.2) is 4.39 Å². The van der Waals surface area contributed by atoms with Gasteiger partial charge in [-0.3, -0.25) is 4.79 Å². The van der Waals surface area contributed by atoms with Crippen molar-refractivity contribution in [2.45, 2.75) is 25.2 Å². The highest BCUT2D eigenvalue weighted by Crippen LogP contribution is 2.44. The first kappa shape index (κ1) is 16.4. The van der Waals surface area contributed by atoms with Crippen molar-refractivity contribution >= 4 is 5.78 Å². The van der Waals surface area contributed by atoms with Gasteiger partial charge in [0.1, 0.15) is 11.4 Å². The third-order valence-electron chi connectivity index (χ3n) is 4.20. The number of aliphatic hydroxyl groups excluding tert-OH is 2. The van der Waals surface area contributed by atoms with Gasteiger partial charge in [0.2, 0.25) is 5.78 Å². The zero-order valence-corrected chi connectivity index (χ0v) is 12.2. The number of hydrogen-bond donors (Lipinski definition) is 4. The molecule has 0 aliphatic carbocycles. The Hall–Kier alpha value is -1.96. The maximum atomic E-state index is 13.1. The van der Waals surface area contributed by atoms with E-state index in [1.807, 2.05) is 0 Å². The molecule has 0 spiro atoms. The summed E-state index contributed by atoms with van der Waals surface area (Å²) in [5.41, 5.74) is -1.80. The number of carbonyl (C=O) groups is 1. The Morgan fingerprint density at radius 1 is 1.23 bits per heavy atom. The van der Waals surface area contributed by atoms with Crippen molar-refractivity contribution in [2.75, 3.05) is 13.2 Å². The van der Waals surface area contributed by atoms with Crippen LogP contribution >= 0.6 is 0 Å². The van der Waals surface area contributed by atoms with Crippen molar-refractivity contribution in [3.8, 4) is 0 Å². The van der Waals surface area contributed by atoms with Crippen LogP contribution in [0.2, 0.25) is 0 Å². The van der Waals surface area contributed by atoms with Crippen LogP contribution in [0.3, 0.4) is 0 Å². The standard InChI is InChI=1S/C15H18FNO5/c1-9-12(19)15(21,22)14(2,17(7-8-18)13(9)20)10-3-5-11(16)6-4-10/h3-6,18,20-22H,7-8H2,1-2H3. The molecular formula is C15H18FNO5. The fourth-order valence-corrected chi connectivity index (χ4v) is 2.75. The number of nitrogens with zero attached hydrogens (tertiary/aromatic N) is 1. The predicted octanol–water partition coefficient (Wildman–Crippen LogP) is 0.388. The Bertz CT molecular complexity index is 625. The fourth-order valence-electron chi connectivity index (χ4n) is 2.75. The number of carbonyl (C=O) groups excluding carboxylic acids is 1. The predicted molar refractivity (Wildman–Crippen MR) is 75.0 cm³/mol. The first-order valence-corrected chi connectivity index (χ1v) is 6.71. The lowest BCUT2D eigenvalue weighted by atomic mass is 9.75. The molecule has 0 radical (unpaired) electrons. The third kappa shape index (κ3) is 2.09. The first-order valence-electron chi connectivity index (χ1n) is 6.71. The average molecular weight is 311 g/mol. The summed E-state index contributed by atoms with van der Waals surface area (Å²) in [6.07, 6.45) is 0. The maximum Gasteiger partial charge on any atom is 0.256 e. The van der Waals surface area contributed by atoms with Crippen LogP contribution in [0.4, 0.5) is 4.39 Å². The molecule has 0 bridgehead atoms. The zero-order chi connectivity index (χ0) is 16.7. The quantitative estimate of drug-likeness (QED) is 0.602. The molecule has 0 saturated heterocycles. The van der Waals surface area contributed by atoms with E-state index in [0.29, 0.717) is 0 Å². The molecule has 1 aromatic rings. The lowest BCUT2D eigenvalue weighted by Crippen LogP contribution is -2.67. The Morgan fingerprint density at radius 2 is 1.77 bits per heavy atom. The smallest absolute Gasteiger partial charge is 0.256 e. The van der Waals surface area contributed by atoms with Crippen LogP contribution in [0, 0.1) is 5.82 Å². The summed E-state index contributed by atoms with van der Waals surface area (Å²) in [4.78, 5) is 13.3. The number of benzene rings is 1. The van der Waals surface area contributed by atoms with E-state index >= 15 is 0 Å². The van der Waals surface area contributed by atoms with Crippen LogP contribution < -0.4 is 0 Å². The minimum Gasteiger partial charge on any atom is -0.494 e. The van der Waals surface area contributed by atoms with E-state index in [4.69, 9.17) is 0 Å². The molecule has 0 fully saturated rings. The van der Waals surface area contributed by atoms with Gasteiger partial charge in [0, 0.05) is 6.54 Å². The van der Waals surface area contributed by atoms with Gasteiger partial charge >= 0.3 is 0 Å². The number of β-amino-alcohol motifs (C(OH)–C–C–N with tert-alkyl or cyclic N) is 1. The number of rotatable bonds is 3. The van der Waals surface area contributed by atoms with Gasteiger partial charge in [-0.1, -0.05) is 12.1 Å². The molecule has 0 amide bonds. The van der Waals surface area contributed by atoms with Crippen molar-refractivity contribution < 1.29 is 29.6 Å². The number of Topliss-reactive ketones (excluding diaryl/α,β-unsaturated/α-hetero) is 1. The largest absolute Gasteiger partial charge is 0.494 e. The van der Waals surface area contributed by atoms with Crippen molar-refractivity contribution in [3.05, 3.63) is 47.1 Å². The van der Waals surface area contributed by atoms with Crippen LogP contribution in [0.15, 0.2) is 35.7 Å². The van der Waals surface area contributed by atoms with Crippen LogP contribution in [0.1, 0.15) is 19.4 Å². The molecule has 120 valence electrons. The summed E-state index contributed by atoms with van der Waals surface area (Å²) < 4.78 is 13.1. The van der Waals surface area contributed by atoms with Crippen molar-refractivity contribution in [2.24, 2.45) is 0 Å². The van der Waals surface area contributed by atoms with E-state index in [1.54, 1.807) is 0 Å². The molecule has 1 heterocycles. The number of hydrogen-bond acceptors (Lipinski definition) is 6. The first-order chi connectivity index (χ1) is 10.2. The van der Waals surface area contributed by atoms with E-state index in [2.05, 4.69) is 0 Å². The molecule has 4 N–H and O–H groups in total. The van der Waals surface area contributed by atoms with Gasteiger partial charge in [0.15, 0.2) is 5.88 Å². The van der Waals surface area contributed by atoms with Crippen LogP contribution in [-0.4, -0.2) is 50.0 Å². The third-order valence-corrected chi connectivity index (χ3v) is 4.20. The van der Waals surface area contributed by atoms with Crippen molar-refractivity contribution in [1.82, 2.24) is 4.90 Å². The minimum absolute atomic E-state index is 0.146. The van der Waals surface area contributed by atoms with Gasteiger partial charge in [-0.05, 0) is 31.5 Å². The molecule has 2 rings (SSSR count). The normalized spacial score (nSPS) is 24.8. The monoisotopic (exact) mass is 311 g/mol. The second kappa shape index (κ2) is 5.35. The van der Waals surface area contributed by atoms with E-state index in [-0.39, 0.29) is 17.7 Å². The van der Waals surface area contributed by atoms with E-state index in [0.717, 1.165) is 17.0 Å². The lowest BCUT2D eigenvalue weighted by molar-refractivity contribution is -0.242.